The summed E-state index contributed by atoms with van der Waals surface area (Å²) in [6.07, 6.45) is 0. The molecule has 0 N–H and O–H groups in total. The molecule has 0 spiro atoms. The Kier molecular flexibility index (Phi) is 3.36. The van der Waals surface area contributed by atoms with E-state index in [-0.39, 0.29) is 0 Å². The van der Waals surface area contributed by atoms with Gasteiger partial charge in [0.15, 0.2) is 0 Å². The molecular formula is C12H19N5O. The van der Waals surface area contributed by atoms with Crippen LogP contribution in [0.1, 0.15) is 19.5 Å². The molecule has 0 atom stereocenters. The fourth-order valence-corrected chi connectivity index (χ4v) is 1.91. The number of fused-ring (bicyclic) bond motifs is 1. The molecule has 18 heavy (non-hydrogen) atoms. The summed E-state index contributed by atoms with van der Waals surface area (Å²) in [6.45, 7) is 7.91. The zero-order valence-electron chi connectivity index (χ0n) is 11.6. The van der Waals surface area contributed by atoms with Gasteiger partial charge in [0.1, 0.15) is 11.2 Å². The topological polar surface area (TPSA) is 58.3 Å². The highest BCUT2D eigenvalue weighted by Gasteiger charge is 2.18. The van der Waals surface area contributed by atoms with E-state index in [0.717, 1.165) is 30.0 Å². The minimum absolute atomic E-state index is 0.549. The summed E-state index contributed by atoms with van der Waals surface area (Å²) in [5, 5.41) is 4.89. The van der Waals surface area contributed by atoms with Gasteiger partial charge in [-0.2, -0.15) is 9.97 Å². The average Bonchev–Trinajstić information content (AvgIpc) is 2.72. The van der Waals surface area contributed by atoms with E-state index in [9.17, 15) is 0 Å². The van der Waals surface area contributed by atoms with E-state index >= 15 is 0 Å². The molecule has 0 unspecified atom stereocenters. The second-order valence-corrected chi connectivity index (χ2v) is 4.36. The first-order valence-electron chi connectivity index (χ1n) is 6.14. The number of hydrogen-bond acceptors (Lipinski definition) is 6. The number of aromatic nitrogens is 3. The SMILES string of the molecule is CCN(CC)c1nc(N(C)C)nc2onc(C)c12. The minimum atomic E-state index is 0.549. The smallest absolute Gasteiger partial charge is 0.265 e. The van der Waals surface area contributed by atoms with Crippen molar-refractivity contribution < 1.29 is 4.52 Å². The zero-order valence-corrected chi connectivity index (χ0v) is 11.6. The van der Waals surface area contributed by atoms with Crippen molar-refractivity contribution in [3.05, 3.63) is 5.69 Å². The van der Waals surface area contributed by atoms with Crippen LogP contribution in [0.2, 0.25) is 0 Å². The van der Waals surface area contributed by atoms with E-state index in [4.69, 9.17) is 4.52 Å². The van der Waals surface area contributed by atoms with Crippen LogP contribution in [0.5, 0.6) is 0 Å². The van der Waals surface area contributed by atoms with Crippen LogP contribution in [0.4, 0.5) is 11.8 Å². The van der Waals surface area contributed by atoms with Crippen molar-refractivity contribution in [2.45, 2.75) is 20.8 Å². The number of aryl methyl sites for hydroxylation is 1. The standard InChI is InChI=1S/C12H19N5O/c1-6-17(7-2)10-9-8(3)15-18-11(9)14-12(13-10)16(4)5/h6-7H2,1-5H3. The molecule has 0 aliphatic heterocycles. The highest BCUT2D eigenvalue weighted by molar-refractivity contribution is 5.89. The predicted molar refractivity (Wildman–Crippen MR) is 72.2 cm³/mol. The third-order valence-electron chi connectivity index (χ3n) is 2.94. The Morgan fingerprint density at radius 1 is 1.11 bits per heavy atom. The van der Waals surface area contributed by atoms with Crippen molar-refractivity contribution in [1.29, 1.82) is 0 Å². The molecule has 0 aliphatic carbocycles. The molecule has 0 aliphatic rings. The first-order valence-corrected chi connectivity index (χ1v) is 6.14. The normalized spacial score (nSPS) is 10.9. The van der Waals surface area contributed by atoms with E-state index in [1.165, 1.54) is 0 Å². The molecule has 6 nitrogen and oxygen atoms in total. The van der Waals surface area contributed by atoms with E-state index in [2.05, 4.69) is 33.9 Å². The largest absolute Gasteiger partial charge is 0.356 e. The fourth-order valence-electron chi connectivity index (χ4n) is 1.91. The van der Waals surface area contributed by atoms with E-state index < -0.39 is 0 Å². The number of nitrogens with zero attached hydrogens (tertiary/aromatic N) is 5. The van der Waals surface area contributed by atoms with Crippen LogP contribution >= 0.6 is 0 Å². The van der Waals surface area contributed by atoms with Gasteiger partial charge in [-0.25, -0.2) is 0 Å². The number of rotatable bonds is 4. The second kappa shape index (κ2) is 4.80. The zero-order chi connectivity index (χ0) is 13.3. The van der Waals surface area contributed by atoms with Crippen molar-refractivity contribution >= 4 is 22.9 Å². The van der Waals surface area contributed by atoms with Gasteiger partial charge in [-0.05, 0) is 20.8 Å². The Morgan fingerprint density at radius 3 is 2.33 bits per heavy atom. The summed E-state index contributed by atoms with van der Waals surface area (Å²) < 4.78 is 5.26. The van der Waals surface area contributed by atoms with Gasteiger partial charge in [0.25, 0.3) is 5.71 Å². The van der Waals surface area contributed by atoms with Crippen molar-refractivity contribution in [3.8, 4) is 0 Å². The third-order valence-corrected chi connectivity index (χ3v) is 2.94. The van der Waals surface area contributed by atoms with Crippen molar-refractivity contribution in [2.24, 2.45) is 0 Å². The van der Waals surface area contributed by atoms with Gasteiger partial charge in [0.05, 0.1) is 5.69 Å². The van der Waals surface area contributed by atoms with Crippen LogP contribution < -0.4 is 9.80 Å². The third kappa shape index (κ3) is 1.98. The minimum Gasteiger partial charge on any atom is -0.356 e. The predicted octanol–water partition coefficient (Wildman–Crippen LogP) is 1.84. The van der Waals surface area contributed by atoms with Gasteiger partial charge in [0.2, 0.25) is 5.95 Å². The number of hydrogen-bond donors (Lipinski definition) is 0. The quantitative estimate of drug-likeness (QED) is 0.824. The molecular weight excluding hydrogens is 230 g/mol. The summed E-state index contributed by atoms with van der Waals surface area (Å²) in [5.74, 6) is 1.54. The van der Waals surface area contributed by atoms with Gasteiger partial charge >= 0.3 is 0 Å². The van der Waals surface area contributed by atoms with Crippen LogP contribution in [0.25, 0.3) is 11.1 Å². The lowest BCUT2D eigenvalue weighted by atomic mass is 10.3. The molecule has 0 amide bonds. The highest BCUT2D eigenvalue weighted by Crippen LogP contribution is 2.28. The maximum Gasteiger partial charge on any atom is 0.265 e. The molecule has 0 fully saturated rings. The second-order valence-electron chi connectivity index (χ2n) is 4.36. The van der Waals surface area contributed by atoms with Crippen LogP contribution in [0.3, 0.4) is 0 Å². The Bertz CT molecular complexity index is 545. The summed E-state index contributed by atoms with van der Waals surface area (Å²) in [5.41, 5.74) is 1.38. The highest BCUT2D eigenvalue weighted by atomic mass is 16.5. The van der Waals surface area contributed by atoms with Crippen LogP contribution in [-0.4, -0.2) is 42.3 Å². The lowest BCUT2D eigenvalue weighted by Gasteiger charge is -2.21. The number of anilines is 2. The molecule has 98 valence electrons. The summed E-state index contributed by atoms with van der Waals surface area (Å²) >= 11 is 0. The molecule has 0 radical (unpaired) electrons. The molecule has 0 bridgehead atoms. The molecule has 2 rings (SSSR count). The van der Waals surface area contributed by atoms with E-state index in [1.807, 2.05) is 25.9 Å². The first kappa shape index (κ1) is 12.6. The summed E-state index contributed by atoms with van der Waals surface area (Å²) in [6, 6.07) is 0. The van der Waals surface area contributed by atoms with Crippen LogP contribution in [0.15, 0.2) is 4.52 Å². The summed E-state index contributed by atoms with van der Waals surface area (Å²) in [7, 11) is 3.83. The molecule has 2 aromatic rings. The molecule has 0 saturated carbocycles. The Labute approximate surface area is 107 Å². The molecule has 2 heterocycles. The molecule has 0 aromatic carbocycles. The van der Waals surface area contributed by atoms with Crippen molar-refractivity contribution in [2.75, 3.05) is 37.0 Å². The molecule has 6 heteroatoms. The van der Waals surface area contributed by atoms with E-state index in [1.54, 1.807) is 0 Å². The van der Waals surface area contributed by atoms with Crippen LogP contribution in [0, 0.1) is 6.92 Å². The summed E-state index contributed by atoms with van der Waals surface area (Å²) in [4.78, 5) is 13.0. The Hall–Kier alpha value is -1.85. The van der Waals surface area contributed by atoms with Crippen molar-refractivity contribution in [3.63, 3.8) is 0 Å². The molecule has 2 aromatic heterocycles. The van der Waals surface area contributed by atoms with Gasteiger partial charge < -0.3 is 14.3 Å². The van der Waals surface area contributed by atoms with E-state index in [0.29, 0.717) is 11.7 Å². The fraction of sp³-hybridized carbons (Fsp3) is 0.583. The Morgan fingerprint density at radius 2 is 1.78 bits per heavy atom. The lowest BCUT2D eigenvalue weighted by molar-refractivity contribution is 0.442. The van der Waals surface area contributed by atoms with Crippen LogP contribution in [-0.2, 0) is 0 Å². The van der Waals surface area contributed by atoms with Crippen molar-refractivity contribution in [1.82, 2.24) is 15.1 Å². The maximum absolute atomic E-state index is 5.26. The Balaban J connectivity index is 2.69. The molecule has 0 saturated heterocycles. The maximum atomic E-state index is 5.26. The first-order chi connectivity index (χ1) is 8.58. The van der Waals surface area contributed by atoms with Gasteiger partial charge in [-0.3, -0.25) is 0 Å². The van der Waals surface area contributed by atoms with Gasteiger partial charge in [-0.1, -0.05) is 5.16 Å². The monoisotopic (exact) mass is 249 g/mol. The van der Waals surface area contributed by atoms with Gasteiger partial charge in [0, 0.05) is 27.2 Å². The average molecular weight is 249 g/mol. The van der Waals surface area contributed by atoms with Gasteiger partial charge in [-0.15, -0.1) is 0 Å². The lowest BCUT2D eigenvalue weighted by Crippen LogP contribution is -2.24.